The first-order chi connectivity index (χ1) is 14.0. The number of carbonyl (C=O) groups is 2. The van der Waals surface area contributed by atoms with Crippen molar-refractivity contribution in [2.24, 2.45) is 5.92 Å². The quantitative estimate of drug-likeness (QED) is 0.794. The molecule has 2 aromatic rings. The maximum Gasteiger partial charge on any atom is 0.387 e. The van der Waals surface area contributed by atoms with Gasteiger partial charge in [-0.1, -0.05) is 42.5 Å². The summed E-state index contributed by atoms with van der Waals surface area (Å²) in [5.41, 5.74) is 1.08. The third-order valence-electron chi connectivity index (χ3n) is 5.07. The molecule has 1 N–H and O–H groups in total. The second-order valence-electron chi connectivity index (χ2n) is 7.11. The van der Waals surface area contributed by atoms with Crippen molar-refractivity contribution in [1.29, 1.82) is 0 Å². The Kier molecular flexibility index (Phi) is 6.80. The standard InChI is InChI=1S/C22H24F2N2O3/c1-15(16-8-3-2-4-9-16)25-20(27)17-10-7-13-26(14-17)21(28)18-11-5-6-12-19(18)29-22(23)24/h2-6,8-9,11-12,15,17,22H,7,10,13-14H2,1H3,(H,25,27). The van der Waals surface area contributed by atoms with Crippen molar-refractivity contribution in [3.63, 3.8) is 0 Å². The molecule has 1 fully saturated rings. The smallest absolute Gasteiger partial charge is 0.387 e. The highest BCUT2D eigenvalue weighted by atomic mass is 19.3. The van der Waals surface area contributed by atoms with Crippen LogP contribution in [0.2, 0.25) is 0 Å². The van der Waals surface area contributed by atoms with Crippen LogP contribution >= 0.6 is 0 Å². The zero-order valence-electron chi connectivity index (χ0n) is 16.2. The third-order valence-corrected chi connectivity index (χ3v) is 5.07. The molecular formula is C22H24F2N2O3. The molecule has 3 rings (SSSR count). The molecule has 2 amide bonds. The number of likely N-dealkylation sites (tertiary alicyclic amines) is 1. The highest BCUT2D eigenvalue weighted by Gasteiger charge is 2.30. The number of carbonyl (C=O) groups excluding carboxylic acids is 2. The maximum absolute atomic E-state index is 12.9. The van der Waals surface area contributed by atoms with Crippen LogP contribution in [-0.4, -0.2) is 36.4 Å². The average molecular weight is 402 g/mol. The Labute approximate surface area is 168 Å². The molecule has 1 aliphatic heterocycles. The van der Waals surface area contributed by atoms with Crippen LogP contribution in [-0.2, 0) is 4.79 Å². The van der Waals surface area contributed by atoms with E-state index >= 15 is 0 Å². The second-order valence-corrected chi connectivity index (χ2v) is 7.11. The molecule has 2 aromatic carbocycles. The molecule has 0 saturated carbocycles. The van der Waals surface area contributed by atoms with Gasteiger partial charge in [-0.05, 0) is 37.5 Å². The number of piperidine rings is 1. The van der Waals surface area contributed by atoms with Crippen molar-refractivity contribution < 1.29 is 23.1 Å². The number of alkyl halides is 2. The first kappa shape index (κ1) is 20.8. The summed E-state index contributed by atoms with van der Waals surface area (Å²) in [6.45, 7) is -0.380. The number of hydrogen-bond acceptors (Lipinski definition) is 3. The number of rotatable bonds is 6. The van der Waals surface area contributed by atoms with E-state index in [1.54, 1.807) is 6.07 Å². The molecule has 29 heavy (non-hydrogen) atoms. The average Bonchev–Trinajstić information content (AvgIpc) is 2.74. The highest BCUT2D eigenvalue weighted by Crippen LogP contribution is 2.25. The normalized spacial score (nSPS) is 17.7. The summed E-state index contributed by atoms with van der Waals surface area (Å²) in [5, 5.41) is 3.00. The lowest BCUT2D eigenvalue weighted by Crippen LogP contribution is -2.46. The molecule has 0 aromatic heterocycles. The topological polar surface area (TPSA) is 58.6 Å². The Hall–Kier alpha value is -2.96. The summed E-state index contributed by atoms with van der Waals surface area (Å²) < 4.78 is 29.7. The van der Waals surface area contributed by atoms with Gasteiger partial charge >= 0.3 is 6.61 Å². The first-order valence-corrected chi connectivity index (χ1v) is 9.64. The fraction of sp³-hybridized carbons (Fsp3) is 0.364. The Morgan fingerprint density at radius 2 is 1.79 bits per heavy atom. The van der Waals surface area contributed by atoms with Crippen molar-refractivity contribution in [1.82, 2.24) is 10.2 Å². The van der Waals surface area contributed by atoms with Crippen LogP contribution in [0.3, 0.4) is 0 Å². The Balaban J connectivity index is 1.66. The van der Waals surface area contributed by atoms with E-state index in [2.05, 4.69) is 10.1 Å². The molecule has 0 bridgehead atoms. The van der Waals surface area contributed by atoms with Gasteiger partial charge in [0.1, 0.15) is 5.75 Å². The molecule has 0 spiro atoms. The molecule has 2 atom stereocenters. The lowest BCUT2D eigenvalue weighted by atomic mass is 9.95. The number of halogens is 2. The van der Waals surface area contributed by atoms with Gasteiger partial charge < -0.3 is 15.0 Å². The molecule has 5 nitrogen and oxygen atoms in total. The predicted molar refractivity (Wildman–Crippen MR) is 105 cm³/mol. The number of ether oxygens (including phenoxy) is 1. The minimum absolute atomic E-state index is 0.0755. The fourth-order valence-corrected chi connectivity index (χ4v) is 3.54. The molecular weight excluding hydrogens is 378 g/mol. The summed E-state index contributed by atoms with van der Waals surface area (Å²) in [6, 6.07) is 15.4. The van der Waals surface area contributed by atoms with E-state index in [0.717, 1.165) is 5.56 Å². The van der Waals surface area contributed by atoms with E-state index in [-0.39, 0.29) is 35.7 Å². The van der Waals surface area contributed by atoms with Crippen molar-refractivity contribution in [3.8, 4) is 5.75 Å². The minimum atomic E-state index is -3.01. The molecule has 0 aliphatic carbocycles. The number of benzene rings is 2. The molecule has 1 heterocycles. The molecule has 2 unspecified atom stereocenters. The second kappa shape index (κ2) is 9.49. The summed E-state index contributed by atoms with van der Waals surface area (Å²) in [6.07, 6.45) is 1.34. The van der Waals surface area contributed by atoms with Crippen LogP contribution in [0.25, 0.3) is 0 Å². The van der Waals surface area contributed by atoms with Crippen molar-refractivity contribution >= 4 is 11.8 Å². The van der Waals surface area contributed by atoms with Crippen molar-refractivity contribution in [3.05, 3.63) is 65.7 Å². The lowest BCUT2D eigenvalue weighted by molar-refractivity contribution is -0.127. The summed E-state index contributed by atoms with van der Waals surface area (Å²) >= 11 is 0. The van der Waals surface area contributed by atoms with Gasteiger partial charge in [0.2, 0.25) is 5.91 Å². The van der Waals surface area contributed by atoms with Crippen LogP contribution < -0.4 is 10.1 Å². The first-order valence-electron chi connectivity index (χ1n) is 9.64. The van der Waals surface area contributed by atoms with Gasteiger partial charge in [0.15, 0.2) is 0 Å². The number of amides is 2. The van der Waals surface area contributed by atoms with E-state index < -0.39 is 12.5 Å². The Morgan fingerprint density at radius 1 is 1.10 bits per heavy atom. The summed E-state index contributed by atoms with van der Waals surface area (Å²) in [4.78, 5) is 27.1. The maximum atomic E-state index is 12.9. The SMILES string of the molecule is CC(NC(=O)C1CCCN(C(=O)c2ccccc2OC(F)F)C1)c1ccccc1. The molecule has 1 aliphatic rings. The number of para-hydroxylation sites is 1. The Bertz CT molecular complexity index is 845. The van der Waals surface area contributed by atoms with Gasteiger partial charge in [-0.3, -0.25) is 9.59 Å². The lowest BCUT2D eigenvalue weighted by Gasteiger charge is -2.33. The van der Waals surface area contributed by atoms with Crippen LogP contribution in [0, 0.1) is 5.92 Å². The van der Waals surface area contributed by atoms with Crippen LogP contribution in [0.1, 0.15) is 41.7 Å². The fourth-order valence-electron chi connectivity index (χ4n) is 3.54. The Morgan fingerprint density at radius 3 is 2.52 bits per heavy atom. The van der Waals surface area contributed by atoms with E-state index in [0.29, 0.717) is 19.4 Å². The molecule has 1 saturated heterocycles. The number of hydrogen-bond donors (Lipinski definition) is 1. The zero-order chi connectivity index (χ0) is 20.8. The van der Waals surface area contributed by atoms with Crippen molar-refractivity contribution in [2.75, 3.05) is 13.1 Å². The van der Waals surface area contributed by atoms with E-state index in [9.17, 15) is 18.4 Å². The van der Waals surface area contributed by atoms with Gasteiger partial charge in [0, 0.05) is 13.1 Å². The third kappa shape index (κ3) is 5.31. The predicted octanol–water partition coefficient (Wildman–Crippen LogP) is 4.02. The van der Waals surface area contributed by atoms with Gasteiger partial charge in [-0.2, -0.15) is 8.78 Å². The van der Waals surface area contributed by atoms with Gasteiger partial charge in [0.05, 0.1) is 17.5 Å². The zero-order valence-corrected chi connectivity index (χ0v) is 16.2. The van der Waals surface area contributed by atoms with E-state index in [1.807, 2.05) is 37.3 Å². The monoisotopic (exact) mass is 402 g/mol. The van der Waals surface area contributed by atoms with Crippen LogP contribution in [0.4, 0.5) is 8.78 Å². The van der Waals surface area contributed by atoms with E-state index in [1.165, 1.54) is 23.1 Å². The molecule has 7 heteroatoms. The molecule has 154 valence electrons. The van der Waals surface area contributed by atoms with Crippen LogP contribution in [0.15, 0.2) is 54.6 Å². The minimum Gasteiger partial charge on any atom is -0.434 e. The molecule has 0 radical (unpaired) electrons. The van der Waals surface area contributed by atoms with Gasteiger partial charge in [-0.15, -0.1) is 0 Å². The van der Waals surface area contributed by atoms with Crippen LogP contribution in [0.5, 0.6) is 5.75 Å². The van der Waals surface area contributed by atoms with E-state index in [4.69, 9.17) is 0 Å². The van der Waals surface area contributed by atoms with Crippen molar-refractivity contribution in [2.45, 2.75) is 32.4 Å². The number of nitrogens with one attached hydrogen (secondary N) is 1. The highest BCUT2D eigenvalue weighted by molar-refractivity contribution is 5.97. The van der Waals surface area contributed by atoms with Gasteiger partial charge in [-0.25, -0.2) is 0 Å². The largest absolute Gasteiger partial charge is 0.434 e. The summed E-state index contributed by atoms with van der Waals surface area (Å²) in [7, 11) is 0. The summed E-state index contributed by atoms with van der Waals surface area (Å²) in [5.74, 6) is -1.02. The van der Waals surface area contributed by atoms with Gasteiger partial charge in [0.25, 0.3) is 5.91 Å². The number of nitrogens with zero attached hydrogens (tertiary/aromatic N) is 1.